The number of unbranched alkanes of at least 4 members (excludes halogenated alkanes) is 1. The Kier molecular flexibility index (Phi) is 6.19. The van der Waals surface area contributed by atoms with E-state index in [1.807, 2.05) is 6.92 Å². The number of carbonyl (C=O) groups is 2. The van der Waals surface area contributed by atoms with Crippen LogP contribution in [0.25, 0.3) is 0 Å². The van der Waals surface area contributed by atoms with Crippen LogP contribution in [0.3, 0.4) is 0 Å². The first-order valence-corrected chi connectivity index (χ1v) is 10.8. The lowest BCUT2D eigenvalue weighted by molar-refractivity contribution is -0.137. The fourth-order valence-electron chi connectivity index (χ4n) is 3.36. The molecular weight excluding hydrogens is 395 g/mol. The number of nitrogens with zero attached hydrogens (tertiary/aromatic N) is 2. The number of para-hydroxylation sites is 2. The molecule has 0 bridgehead atoms. The molecule has 2 aromatic carbocycles. The molecule has 0 spiro atoms. The predicted molar refractivity (Wildman–Crippen MR) is 108 cm³/mol. The van der Waals surface area contributed by atoms with Gasteiger partial charge in [0.05, 0.1) is 18.0 Å². The number of hydrazine groups is 1. The molecule has 154 valence electrons. The van der Waals surface area contributed by atoms with Crippen LogP contribution in [-0.4, -0.2) is 28.2 Å². The van der Waals surface area contributed by atoms with Gasteiger partial charge < -0.3 is 9.79 Å². The first-order valence-electron chi connectivity index (χ1n) is 9.29. The summed E-state index contributed by atoms with van der Waals surface area (Å²) in [5.74, 6) is -1.14. The zero-order valence-corrected chi connectivity index (χ0v) is 16.9. The molecule has 1 aliphatic heterocycles. The topological polar surface area (TPSA) is 107 Å². The third-order valence-corrected chi connectivity index (χ3v) is 5.31. The third-order valence-electron chi connectivity index (χ3n) is 4.84. The van der Waals surface area contributed by atoms with E-state index < -0.39 is 31.7 Å². The normalized spacial score (nSPS) is 16.5. The van der Waals surface area contributed by atoms with Crippen LogP contribution in [0, 0.1) is 5.41 Å². The highest BCUT2D eigenvalue weighted by molar-refractivity contribution is 7.46. The van der Waals surface area contributed by atoms with Crippen LogP contribution in [0.2, 0.25) is 0 Å². The molecule has 1 aliphatic rings. The van der Waals surface area contributed by atoms with Crippen molar-refractivity contribution in [2.75, 3.05) is 16.6 Å². The van der Waals surface area contributed by atoms with Gasteiger partial charge in [-0.1, -0.05) is 56.2 Å². The molecule has 3 rings (SSSR count). The standard InChI is InChI=1S/C20H23N2O6P/c1-2-3-14-20(15-28-29(25,26)27)18(23)21(16-10-6-4-7-11-16)22(19(20)24)17-12-8-5-9-13-17/h4-13H,2-3,14-15H2,1H3,(H2,25,26,27). The minimum Gasteiger partial charge on any atom is -0.303 e. The molecule has 0 atom stereocenters. The molecule has 2 amide bonds. The van der Waals surface area contributed by atoms with Crippen molar-refractivity contribution in [3.05, 3.63) is 60.7 Å². The summed E-state index contributed by atoms with van der Waals surface area (Å²) < 4.78 is 16.0. The van der Waals surface area contributed by atoms with Gasteiger partial charge in [0.25, 0.3) is 11.8 Å². The molecule has 1 saturated heterocycles. The molecule has 0 unspecified atom stereocenters. The molecule has 0 saturated carbocycles. The number of phosphoric ester groups is 1. The van der Waals surface area contributed by atoms with Gasteiger partial charge in [0, 0.05) is 0 Å². The van der Waals surface area contributed by atoms with Gasteiger partial charge in [0.1, 0.15) is 0 Å². The summed E-state index contributed by atoms with van der Waals surface area (Å²) in [6.45, 7) is 1.22. The molecule has 8 nitrogen and oxygen atoms in total. The van der Waals surface area contributed by atoms with Crippen LogP contribution in [0.1, 0.15) is 26.2 Å². The Morgan fingerprint density at radius 3 is 1.72 bits per heavy atom. The Bertz CT molecular complexity index is 858. The fraction of sp³-hybridized carbons (Fsp3) is 0.300. The van der Waals surface area contributed by atoms with Crippen LogP contribution >= 0.6 is 7.82 Å². The average molecular weight is 418 g/mol. The lowest BCUT2D eigenvalue weighted by Crippen LogP contribution is -2.41. The maximum Gasteiger partial charge on any atom is 0.469 e. The Labute approximate surface area is 168 Å². The van der Waals surface area contributed by atoms with Crippen molar-refractivity contribution in [1.29, 1.82) is 0 Å². The van der Waals surface area contributed by atoms with Gasteiger partial charge in [0.2, 0.25) is 0 Å². The number of benzene rings is 2. The highest BCUT2D eigenvalue weighted by atomic mass is 31.2. The van der Waals surface area contributed by atoms with Gasteiger partial charge in [-0.05, 0) is 30.7 Å². The minimum atomic E-state index is -4.87. The van der Waals surface area contributed by atoms with Crippen LogP contribution in [0.15, 0.2) is 60.7 Å². The van der Waals surface area contributed by atoms with Crippen molar-refractivity contribution >= 4 is 31.0 Å². The summed E-state index contributed by atoms with van der Waals surface area (Å²) in [6, 6.07) is 17.3. The lowest BCUT2D eigenvalue weighted by atomic mass is 9.82. The van der Waals surface area contributed by atoms with Gasteiger partial charge in [-0.25, -0.2) is 14.6 Å². The van der Waals surface area contributed by atoms with Crippen molar-refractivity contribution < 1.29 is 28.5 Å². The molecule has 2 N–H and O–H groups in total. The van der Waals surface area contributed by atoms with Gasteiger partial charge in [-0.3, -0.25) is 14.1 Å². The Balaban J connectivity index is 2.12. The van der Waals surface area contributed by atoms with Crippen molar-refractivity contribution in [2.45, 2.75) is 26.2 Å². The van der Waals surface area contributed by atoms with E-state index in [-0.39, 0.29) is 6.42 Å². The zero-order valence-electron chi connectivity index (χ0n) is 16.0. The Hall–Kier alpha value is -2.51. The molecule has 0 aromatic heterocycles. The van der Waals surface area contributed by atoms with Crippen molar-refractivity contribution in [1.82, 2.24) is 0 Å². The summed E-state index contributed by atoms with van der Waals surface area (Å²) in [7, 11) is -4.87. The summed E-state index contributed by atoms with van der Waals surface area (Å²) in [5.41, 5.74) is -0.767. The fourth-order valence-corrected chi connectivity index (χ4v) is 3.75. The second kappa shape index (κ2) is 8.47. The molecule has 2 aromatic rings. The Morgan fingerprint density at radius 1 is 0.897 bits per heavy atom. The van der Waals surface area contributed by atoms with Gasteiger partial charge in [-0.15, -0.1) is 0 Å². The number of phosphoric acid groups is 1. The van der Waals surface area contributed by atoms with Gasteiger partial charge >= 0.3 is 7.82 Å². The molecule has 1 fully saturated rings. The highest BCUT2D eigenvalue weighted by Crippen LogP contribution is 2.45. The maximum atomic E-state index is 13.6. The minimum absolute atomic E-state index is 0.119. The quantitative estimate of drug-likeness (QED) is 0.503. The first kappa shape index (κ1) is 21.2. The molecule has 9 heteroatoms. The van der Waals surface area contributed by atoms with Crippen LogP contribution in [0.5, 0.6) is 0 Å². The van der Waals surface area contributed by atoms with E-state index >= 15 is 0 Å². The van der Waals surface area contributed by atoms with E-state index in [1.165, 1.54) is 10.0 Å². The van der Waals surface area contributed by atoms with Crippen LogP contribution in [0.4, 0.5) is 11.4 Å². The van der Waals surface area contributed by atoms with E-state index in [0.29, 0.717) is 24.2 Å². The number of hydrogen-bond donors (Lipinski definition) is 2. The lowest BCUT2D eigenvalue weighted by Gasteiger charge is -2.27. The van der Waals surface area contributed by atoms with Crippen LogP contribution in [-0.2, 0) is 18.7 Å². The number of hydrogen-bond acceptors (Lipinski definition) is 4. The molecular formula is C20H23N2O6P. The average Bonchev–Trinajstić information content (AvgIpc) is 2.93. The van der Waals surface area contributed by atoms with E-state index in [9.17, 15) is 23.9 Å². The molecule has 29 heavy (non-hydrogen) atoms. The predicted octanol–water partition coefficient (Wildman–Crippen LogP) is 3.27. The summed E-state index contributed by atoms with van der Waals surface area (Å²) in [6.07, 6.45) is 1.34. The van der Waals surface area contributed by atoms with Gasteiger partial charge in [-0.2, -0.15) is 0 Å². The largest absolute Gasteiger partial charge is 0.469 e. The number of carbonyl (C=O) groups excluding carboxylic acids is 2. The van der Waals surface area contributed by atoms with Crippen LogP contribution < -0.4 is 10.0 Å². The second-order valence-electron chi connectivity index (χ2n) is 6.85. The van der Waals surface area contributed by atoms with E-state index in [0.717, 1.165) is 0 Å². The maximum absolute atomic E-state index is 13.6. The summed E-state index contributed by atoms with van der Waals surface area (Å²) >= 11 is 0. The number of rotatable bonds is 8. The summed E-state index contributed by atoms with van der Waals surface area (Å²) in [4.78, 5) is 45.5. The number of amides is 2. The van der Waals surface area contributed by atoms with E-state index in [2.05, 4.69) is 0 Å². The van der Waals surface area contributed by atoms with Crippen molar-refractivity contribution in [3.63, 3.8) is 0 Å². The monoisotopic (exact) mass is 418 g/mol. The highest BCUT2D eigenvalue weighted by Gasteiger charge is 2.59. The second-order valence-corrected chi connectivity index (χ2v) is 8.09. The van der Waals surface area contributed by atoms with Crippen molar-refractivity contribution in [2.24, 2.45) is 5.41 Å². The first-order chi connectivity index (χ1) is 13.8. The smallest absolute Gasteiger partial charge is 0.303 e. The van der Waals surface area contributed by atoms with E-state index in [4.69, 9.17) is 4.52 Å². The number of anilines is 2. The molecule has 0 aliphatic carbocycles. The van der Waals surface area contributed by atoms with E-state index in [1.54, 1.807) is 60.7 Å². The van der Waals surface area contributed by atoms with Gasteiger partial charge in [0.15, 0.2) is 5.41 Å². The zero-order chi connectivity index (χ0) is 21.1. The SMILES string of the molecule is CCCCC1(COP(=O)(O)O)C(=O)N(c2ccccc2)N(c2ccccc2)C1=O. The van der Waals surface area contributed by atoms with Crippen molar-refractivity contribution in [3.8, 4) is 0 Å². The molecule has 0 radical (unpaired) electrons. The Morgan fingerprint density at radius 2 is 1.34 bits per heavy atom. The molecule has 1 heterocycles. The third kappa shape index (κ3) is 4.26. The summed E-state index contributed by atoms with van der Waals surface area (Å²) in [5, 5.41) is 2.52.